The highest BCUT2D eigenvalue weighted by molar-refractivity contribution is 6.09. The summed E-state index contributed by atoms with van der Waals surface area (Å²) in [6, 6.07) is 8.04. The molecular formula is C17H18N4O. The Hall–Kier alpha value is -2.43. The van der Waals surface area contributed by atoms with Gasteiger partial charge in [-0.3, -0.25) is 4.79 Å². The van der Waals surface area contributed by atoms with E-state index >= 15 is 0 Å². The number of anilines is 2. The van der Waals surface area contributed by atoms with Gasteiger partial charge in [0.05, 0.1) is 22.6 Å². The van der Waals surface area contributed by atoms with Crippen LogP contribution in [-0.4, -0.2) is 36.0 Å². The molecule has 1 aliphatic carbocycles. The molecule has 0 N–H and O–H groups in total. The number of rotatable bonds is 2. The minimum Gasteiger partial charge on any atom is -0.371 e. The van der Waals surface area contributed by atoms with E-state index in [-0.39, 0.29) is 5.91 Å². The van der Waals surface area contributed by atoms with Crippen molar-refractivity contribution in [2.75, 3.05) is 29.9 Å². The van der Waals surface area contributed by atoms with Gasteiger partial charge in [-0.1, -0.05) is 12.1 Å². The summed E-state index contributed by atoms with van der Waals surface area (Å²) in [4.78, 5) is 25.5. The average Bonchev–Trinajstić information content (AvgIpc) is 3.40. The molecule has 1 amide bonds. The molecule has 5 heteroatoms. The standard InChI is InChI=1S/C17H18N4O/c1-20-8-9-21(15-5-3-2-4-14(15)20)17(22)13-10-18-11-19-16(13)12-6-7-12/h2-5,10-12H,6-9H2,1H3. The van der Waals surface area contributed by atoms with Gasteiger partial charge in [0, 0.05) is 32.3 Å². The molecule has 2 aliphatic rings. The van der Waals surface area contributed by atoms with Crippen LogP contribution in [0.25, 0.3) is 0 Å². The van der Waals surface area contributed by atoms with Crippen molar-refractivity contribution in [3.8, 4) is 0 Å². The van der Waals surface area contributed by atoms with Crippen molar-refractivity contribution in [2.45, 2.75) is 18.8 Å². The second-order valence-electron chi connectivity index (χ2n) is 5.96. The van der Waals surface area contributed by atoms with Crippen LogP contribution in [0.4, 0.5) is 11.4 Å². The summed E-state index contributed by atoms with van der Waals surface area (Å²) >= 11 is 0. The fourth-order valence-electron chi connectivity index (χ4n) is 3.05. The first-order chi connectivity index (χ1) is 10.8. The molecule has 0 saturated heterocycles. The Kier molecular flexibility index (Phi) is 3.06. The van der Waals surface area contributed by atoms with Gasteiger partial charge in [0.2, 0.25) is 0 Å². The van der Waals surface area contributed by atoms with Gasteiger partial charge < -0.3 is 9.80 Å². The Bertz CT molecular complexity index is 726. The topological polar surface area (TPSA) is 49.3 Å². The molecule has 1 fully saturated rings. The van der Waals surface area contributed by atoms with Crippen LogP contribution in [0.5, 0.6) is 0 Å². The number of likely N-dealkylation sites (N-methyl/N-ethyl adjacent to an activating group) is 1. The van der Waals surface area contributed by atoms with Crippen molar-refractivity contribution in [1.29, 1.82) is 0 Å². The SMILES string of the molecule is CN1CCN(C(=O)c2cncnc2C2CC2)c2ccccc21. The Labute approximate surface area is 129 Å². The molecule has 4 rings (SSSR count). The zero-order valence-electron chi connectivity index (χ0n) is 12.6. The minimum absolute atomic E-state index is 0.0167. The molecule has 0 unspecified atom stereocenters. The first kappa shape index (κ1) is 13.2. The van der Waals surface area contributed by atoms with E-state index in [0.717, 1.165) is 36.5 Å². The Balaban J connectivity index is 1.74. The van der Waals surface area contributed by atoms with Crippen LogP contribution >= 0.6 is 0 Å². The number of hydrogen-bond donors (Lipinski definition) is 0. The molecule has 2 heterocycles. The monoisotopic (exact) mass is 294 g/mol. The van der Waals surface area contributed by atoms with E-state index in [2.05, 4.69) is 28.0 Å². The van der Waals surface area contributed by atoms with Gasteiger partial charge in [0.25, 0.3) is 5.91 Å². The van der Waals surface area contributed by atoms with Gasteiger partial charge in [0.1, 0.15) is 6.33 Å². The van der Waals surface area contributed by atoms with Crippen molar-refractivity contribution in [3.05, 3.63) is 48.0 Å². The predicted octanol–water partition coefficient (Wildman–Crippen LogP) is 2.45. The third kappa shape index (κ3) is 2.13. The highest BCUT2D eigenvalue weighted by Gasteiger charge is 2.33. The molecule has 2 aromatic rings. The molecule has 0 radical (unpaired) electrons. The molecule has 1 aromatic heterocycles. The average molecular weight is 294 g/mol. The van der Waals surface area contributed by atoms with Gasteiger partial charge in [0.15, 0.2) is 0 Å². The van der Waals surface area contributed by atoms with E-state index in [4.69, 9.17) is 0 Å². The van der Waals surface area contributed by atoms with E-state index in [1.807, 2.05) is 23.1 Å². The highest BCUT2D eigenvalue weighted by atomic mass is 16.2. The fraction of sp³-hybridized carbons (Fsp3) is 0.353. The summed E-state index contributed by atoms with van der Waals surface area (Å²) in [5, 5.41) is 0. The van der Waals surface area contributed by atoms with Crippen molar-refractivity contribution in [2.24, 2.45) is 0 Å². The van der Waals surface area contributed by atoms with Crippen LogP contribution < -0.4 is 9.80 Å². The zero-order chi connectivity index (χ0) is 15.1. The van der Waals surface area contributed by atoms with Crippen LogP contribution in [0.2, 0.25) is 0 Å². The molecule has 112 valence electrons. The molecule has 1 aliphatic heterocycles. The van der Waals surface area contributed by atoms with E-state index in [1.54, 1.807) is 12.5 Å². The molecule has 1 aromatic carbocycles. The first-order valence-corrected chi connectivity index (χ1v) is 7.67. The van der Waals surface area contributed by atoms with Gasteiger partial charge in [-0.2, -0.15) is 0 Å². The second-order valence-corrected chi connectivity index (χ2v) is 5.96. The molecule has 5 nitrogen and oxygen atoms in total. The number of amides is 1. The van der Waals surface area contributed by atoms with Crippen LogP contribution in [-0.2, 0) is 0 Å². The van der Waals surface area contributed by atoms with Gasteiger partial charge >= 0.3 is 0 Å². The lowest BCUT2D eigenvalue weighted by Crippen LogP contribution is -2.43. The van der Waals surface area contributed by atoms with E-state index in [1.165, 1.54) is 0 Å². The maximum Gasteiger partial charge on any atom is 0.261 e. The smallest absolute Gasteiger partial charge is 0.261 e. The van der Waals surface area contributed by atoms with E-state index < -0.39 is 0 Å². The number of nitrogens with zero attached hydrogens (tertiary/aromatic N) is 4. The van der Waals surface area contributed by atoms with Gasteiger partial charge in [-0.15, -0.1) is 0 Å². The maximum absolute atomic E-state index is 13.0. The van der Waals surface area contributed by atoms with Crippen molar-refractivity contribution in [3.63, 3.8) is 0 Å². The minimum atomic E-state index is 0.0167. The largest absolute Gasteiger partial charge is 0.371 e. The number of para-hydroxylation sites is 2. The van der Waals surface area contributed by atoms with Crippen molar-refractivity contribution >= 4 is 17.3 Å². The fourth-order valence-corrected chi connectivity index (χ4v) is 3.05. The Morgan fingerprint density at radius 1 is 1.18 bits per heavy atom. The third-order valence-corrected chi connectivity index (χ3v) is 4.43. The number of fused-ring (bicyclic) bond motifs is 1. The zero-order valence-corrected chi connectivity index (χ0v) is 12.6. The van der Waals surface area contributed by atoms with Gasteiger partial charge in [-0.05, 0) is 25.0 Å². The van der Waals surface area contributed by atoms with Crippen molar-refractivity contribution in [1.82, 2.24) is 9.97 Å². The van der Waals surface area contributed by atoms with Crippen molar-refractivity contribution < 1.29 is 4.79 Å². The number of carbonyl (C=O) groups is 1. The number of hydrogen-bond acceptors (Lipinski definition) is 4. The Morgan fingerprint density at radius 3 is 2.73 bits per heavy atom. The molecule has 22 heavy (non-hydrogen) atoms. The van der Waals surface area contributed by atoms with Gasteiger partial charge in [-0.25, -0.2) is 9.97 Å². The molecule has 0 bridgehead atoms. The Morgan fingerprint density at radius 2 is 1.95 bits per heavy atom. The van der Waals surface area contributed by atoms with Crippen LogP contribution in [0.15, 0.2) is 36.8 Å². The quantitative estimate of drug-likeness (QED) is 0.853. The number of carbonyl (C=O) groups excluding carboxylic acids is 1. The summed E-state index contributed by atoms with van der Waals surface area (Å²) in [5.74, 6) is 0.452. The number of aromatic nitrogens is 2. The summed E-state index contributed by atoms with van der Waals surface area (Å²) < 4.78 is 0. The number of benzene rings is 1. The van der Waals surface area contributed by atoms with E-state index in [9.17, 15) is 4.79 Å². The normalized spacial score (nSPS) is 17.3. The molecule has 1 saturated carbocycles. The first-order valence-electron chi connectivity index (χ1n) is 7.67. The van der Waals surface area contributed by atoms with E-state index in [0.29, 0.717) is 18.0 Å². The molecule has 0 spiro atoms. The highest BCUT2D eigenvalue weighted by Crippen LogP contribution is 2.41. The summed E-state index contributed by atoms with van der Waals surface area (Å²) in [7, 11) is 2.06. The lowest BCUT2D eigenvalue weighted by molar-refractivity contribution is 0.0985. The van der Waals surface area contributed by atoms with Crippen LogP contribution in [0.1, 0.15) is 34.8 Å². The van der Waals surface area contributed by atoms with Crippen LogP contribution in [0, 0.1) is 0 Å². The van der Waals surface area contributed by atoms with Crippen LogP contribution in [0.3, 0.4) is 0 Å². The lowest BCUT2D eigenvalue weighted by Gasteiger charge is -2.35. The summed E-state index contributed by atoms with van der Waals surface area (Å²) in [6.07, 6.45) is 5.46. The maximum atomic E-state index is 13.0. The second kappa shape index (κ2) is 5.09. The predicted molar refractivity (Wildman–Crippen MR) is 85.4 cm³/mol. The lowest BCUT2D eigenvalue weighted by atomic mass is 10.1. The summed E-state index contributed by atoms with van der Waals surface area (Å²) in [6.45, 7) is 1.51. The molecule has 0 atom stereocenters. The summed E-state index contributed by atoms with van der Waals surface area (Å²) in [5.41, 5.74) is 3.62. The molecular weight excluding hydrogens is 276 g/mol. The third-order valence-electron chi connectivity index (χ3n) is 4.43.